The Morgan fingerprint density at radius 2 is 1.88 bits per heavy atom. The molecule has 96 valence electrons. The van der Waals surface area contributed by atoms with Gasteiger partial charge in [-0.15, -0.1) is 5.10 Å². The van der Waals surface area contributed by atoms with Crippen molar-refractivity contribution in [2.24, 2.45) is 0 Å². The molecule has 1 heterocycles. The second-order valence-corrected chi connectivity index (χ2v) is 4.62. The summed E-state index contributed by atoms with van der Waals surface area (Å²) in [4.78, 5) is 16.0. The molecule has 0 amide bonds. The number of aromatic nitrogens is 2. The highest BCUT2D eigenvalue weighted by molar-refractivity contribution is 5.66. The van der Waals surface area contributed by atoms with E-state index in [9.17, 15) is 18.0 Å². The van der Waals surface area contributed by atoms with E-state index in [1.54, 1.807) is 20.8 Å². The van der Waals surface area contributed by atoms with Crippen molar-refractivity contribution < 1.29 is 22.8 Å². The predicted molar refractivity (Wildman–Crippen MR) is 53.2 cm³/mol. The van der Waals surface area contributed by atoms with Crippen molar-refractivity contribution in [3.8, 4) is 0 Å². The fourth-order valence-corrected chi connectivity index (χ4v) is 1.20. The molecule has 0 aliphatic rings. The summed E-state index contributed by atoms with van der Waals surface area (Å²) in [7, 11) is 0. The first kappa shape index (κ1) is 13.5. The summed E-state index contributed by atoms with van der Waals surface area (Å²) in [6.07, 6.45) is -4.56. The van der Waals surface area contributed by atoms with Crippen LogP contribution in [0.15, 0.2) is 6.07 Å². The van der Waals surface area contributed by atoms with Gasteiger partial charge in [-0.25, -0.2) is 4.79 Å². The molecule has 0 N–H and O–H groups in total. The standard InChI is InChI=1S/C10H13F3N2O2/c1-6(16)17-15-8(9(2,3)4)5-7(14-15)10(11,12)13/h5H,1-4H3. The van der Waals surface area contributed by atoms with E-state index in [1.165, 1.54) is 0 Å². The molecule has 0 aromatic carbocycles. The van der Waals surface area contributed by atoms with Gasteiger partial charge in [0.25, 0.3) is 0 Å². The second-order valence-electron chi connectivity index (χ2n) is 4.62. The van der Waals surface area contributed by atoms with Crippen LogP contribution in [0.5, 0.6) is 0 Å². The van der Waals surface area contributed by atoms with Crippen LogP contribution in [0.1, 0.15) is 39.1 Å². The number of carbonyl (C=O) groups is 1. The molecule has 0 bridgehead atoms. The quantitative estimate of drug-likeness (QED) is 0.767. The lowest BCUT2D eigenvalue weighted by Gasteiger charge is -2.18. The van der Waals surface area contributed by atoms with Gasteiger partial charge < -0.3 is 4.84 Å². The lowest BCUT2D eigenvalue weighted by Crippen LogP contribution is -2.26. The fourth-order valence-electron chi connectivity index (χ4n) is 1.20. The monoisotopic (exact) mass is 250 g/mol. The Morgan fingerprint density at radius 3 is 2.24 bits per heavy atom. The van der Waals surface area contributed by atoms with E-state index in [0.717, 1.165) is 13.0 Å². The summed E-state index contributed by atoms with van der Waals surface area (Å²) in [5, 5.41) is 3.24. The zero-order chi connectivity index (χ0) is 13.4. The molecule has 0 aliphatic carbocycles. The molecule has 0 unspecified atom stereocenters. The smallest absolute Gasteiger partial charge is 0.319 e. The number of alkyl halides is 3. The van der Waals surface area contributed by atoms with E-state index in [1.807, 2.05) is 0 Å². The van der Waals surface area contributed by atoms with Crippen LogP contribution in [0.2, 0.25) is 0 Å². The van der Waals surface area contributed by atoms with Gasteiger partial charge in [0.05, 0.1) is 5.69 Å². The van der Waals surface area contributed by atoms with Crippen LogP contribution < -0.4 is 4.84 Å². The lowest BCUT2D eigenvalue weighted by molar-refractivity contribution is -0.149. The number of nitrogens with zero attached hydrogens (tertiary/aromatic N) is 2. The number of hydrogen-bond donors (Lipinski definition) is 0. The number of rotatable bonds is 1. The zero-order valence-corrected chi connectivity index (χ0v) is 9.92. The molecule has 0 saturated heterocycles. The summed E-state index contributed by atoms with van der Waals surface area (Å²) in [6.45, 7) is 6.19. The minimum absolute atomic E-state index is 0.181. The van der Waals surface area contributed by atoms with Gasteiger partial charge in [-0.1, -0.05) is 25.6 Å². The summed E-state index contributed by atoms with van der Waals surface area (Å²) < 4.78 is 37.5. The predicted octanol–water partition coefficient (Wildman–Crippen LogP) is 2.17. The van der Waals surface area contributed by atoms with Crippen LogP contribution >= 0.6 is 0 Å². The largest absolute Gasteiger partial charge is 0.435 e. The van der Waals surface area contributed by atoms with Crippen LogP contribution in [-0.2, 0) is 16.4 Å². The molecule has 1 aromatic heterocycles. The van der Waals surface area contributed by atoms with E-state index in [-0.39, 0.29) is 5.69 Å². The molecule has 0 aliphatic heterocycles. The van der Waals surface area contributed by atoms with Gasteiger partial charge in [0.1, 0.15) is 0 Å². The fraction of sp³-hybridized carbons (Fsp3) is 0.600. The summed E-state index contributed by atoms with van der Waals surface area (Å²) in [5.74, 6) is -0.729. The van der Waals surface area contributed by atoms with Crippen LogP contribution in [0.4, 0.5) is 13.2 Å². The van der Waals surface area contributed by atoms with Gasteiger partial charge in [0.2, 0.25) is 0 Å². The average Bonchev–Trinajstić information content (AvgIpc) is 2.44. The maximum atomic E-state index is 12.5. The molecule has 0 radical (unpaired) electrons. The van der Waals surface area contributed by atoms with Gasteiger partial charge in [-0.2, -0.15) is 13.2 Å². The van der Waals surface area contributed by atoms with Gasteiger partial charge in [-0.05, 0) is 6.07 Å². The Labute approximate surface area is 96.3 Å². The molecule has 0 atom stereocenters. The van der Waals surface area contributed by atoms with Gasteiger partial charge in [0.15, 0.2) is 5.69 Å². The minimum Gasteiger partial charge on any atom is -0.319 e. The molecular formula is C10H13F3N2O2. The lowest BCUT2D eigenvalue weighted by atomic mass is 9.92. The number of carbonyl (C=O) groups excluding carboxylic acids is 1. The SMILES string of the molecule is CC(=O)On1nc(C(F)(F)F)cc1C(C)(C)C. The minimum atomic E-state index is -4.56. The van der Waals surface area contributed by atoms with Crippen molar-refractivity contribution in [3.05, 3.63) is 17.5 Å². The molecule has 0 fully saturated rings. The molecule has 1 aromatic rings. The van der Waals surface area contributed by atoms with Crippen molar-refractivity contribution in [2.45, 2.75) is 39.3 Å². The first-order chi connectivity index (χ1) is 7.51. The third-order valence-electron chi connectivity index (χ3n) is 1.95. The Bertz CT molecular complexity index is 430. The van der Waals surface area contributed by atoms with Crippen molar-refractivity contribution in [2.75, 3.05) is 0 Å². The molecule has 0 saturated carbocycles. The Hall–Kier alpha value is -1.53. The summed E-state index contributed by atoms with van der Waals surface area (Å²) in [6, 6.07) is 0.878. The Balaban J connectivity index is 3.27. The third-order valence-corrected chi connectivity index (χ3v) is 1.95. The van der Waals surface area contributed by atoms with Crippen molar-refractivity contribution in [1.82, 2.24) is 9.94 Å². The van der Waals surface area contributed by atoms with Crippen molar-refractivity contribution >= 4 is 5.97 Å². The maximum Gasteiger partial charge on any atom is 0.435 e. The highest BCUT2D eigenvalue weighted by Crippen LogP contribution is 2.31. The van der Waals surface area contributed by atoms with Crippen LogP contribution in [-0.4, -0.2) is 15.9 Å². The van der Waals surface area contributed by atoms with Crippen LogP contribution in [0.3, 0.4) is 0 Å². The number of hydrogen-bond acceptors (Lipinski definition) is 3. The van der Waals surface area contributed by atoms with Gasteiger partial charge >= 0.3 is 12.1 Å². The van der Waals surface area contributed by atoms with E-state index in [4.69, 9.17) is 0 Å². The third kappa shape index (κ3) is 3.21. The Kier molecular flexibility index (Phi) is 3.22. The molecule has 7 heteroatoms. The molecule has 4 nitrogen and oxygen atoms in total. The highest BCUT2D eigenvalue weighted by Gasteiger charge is 2.37. The van der Waals surface area contributed by atoms with E-state index in [2.05, 4.69) is 9.94 Å². The first-order valence-corrected chi connectivity index (χ1v) is 4.88. The molecule has 0 spiro atoms. The van der Waals surface area contributed by atoms with Gasteiger partial charge in [-0.3, -0.25) is 0 Å². The van der Waals surface area contributed by atoms with Crippen LogP contribution in [0.25, 0.3) is 0 Å². The normalized spacial score (nSPS) is 12.6. The summed E-state index contributed by atoms with van der Waals surface area (Å²) >= 11 is 0. The second kappa shape index (κ2) is 4.05. The topological polar surface area (TPSA) is 44.1 Å². The van der Waals surface area contributed by atoms with Crippen molar-refractivity contribution in [3.63, 3.8) is 0 Å². The van der Waals surface area contributed by atoms with Crippen LogP contribution in [0, 0.1) is 0 Å². The molecule has 17 heavy (non-hydrogen) atoms. The number of halogens is 3. The van der Waals surface area contributed by atoms with E-state index in [0.29, 0.717) is 4.85 Å². The summed E-state index contributed by atoms with van der Waals surface area (Å²) in [5.41, 5.74) is -1.52. The Morgan fingerprint density at radius 1 is 1.35 bits per heavy atom. The van der Waals surface area contributed by atoms with Gasteiger partial charge in [0, 0.05) is 12.3 Å². The van der Waals surface area contributed by atoms with E-state index < -0.39 is 23.3 Å². The molecular weight excluding hydrogens is 237 g/mol. The van der Waals surface area contributed by atoms with Crippen molar-refractivity contribution in [1.29, 1.82) is 0 Å². The maximum absolute atomic E-state index is 12.5. The first-order valence-electron chi connectivity index (χ1n) is 4.88. The molecule has 1 rings (SSSR count). The van der Waals surface area contributed by atoms with E-state index >= 15 is 0 Å². The zero-order valence-electron chi connectivity index (χ0n) is 9.92. The highest BCUT2D eigenvalue weighted by atomic mass is 19.4. The average molecular weight is 250 g/mol.